The molecule has 0 aliphatic carbocycles. The maximum atomic E-state index is 11.6. The van der Waals surface area contributed by atoms with Gasteiger partial charge < -0.3 is 0 Å². The summed E-state index contributed by atoms with van der Waals surface area (Å²) in [4.78, 5) is 0. The van der Waals surface area contributed by atoms with Crippen LogP contribution in [0.5, 0.6) is 0 Å². The molecule has 0 bridgehead atoms. The van der Waals surface area contributed by atoms with Crippen LogP contribution in [0.15, 0.2) is 28.5 Å². The van der Waals surface area contributed by atoms with Crippen molar-refractivity contribution < 1.29 is 8.42 Å². The van der Waals surface area contributed by atoms with Crippen LogP contribution < -0.4 is 0 Å². The van der Waals surface area contributed by atoms with E-state index in [4.69, 9.17) is 0 Å². The first-order valence-electron chi connectivity index (χ1n) is 3.31. The van der Waals surface area contributed by atoms with E-state index in [1.54, 1.807) is 0 Å². The highest BCUT2D eigenvalue weighted by atomic mass is 32.2. The van der Waals surface area contributed by atoms with E-state index in [2.05, 4.69) is 25.6 Å². The number of aromatic amines is 2. The molecule has 13 heavy (non-hydrogen) atoms. The van der Waals surface area contributed by atoms with Gasteiger partial charge in [0.1, 0.15) is 0 Å². The van der Waals surface area contributed by atoms with Gasteiger partial charge in [0.25, 0.3) is 0 Å². The lowest BCUT2D eigenvalue weighted by Crippen LogP contribution is -2.02. The highest BCUT2D eigenvalue weighted by Crippen LogP contribution is 2.13. The van der Waals surface area contributed by atoms with Gasteiger partial charge in [-0.05, 0) is 6.07 Å². The van der Waals surface area contributed by atoms with Crippen molar-refractivity contribution in [3.05, 3.63) is 18.5 Å². The maximum absolute atomic E-state index is 11.6. The van der Waals surface area contributed by atoms with Crippen molar-refractivity contribution in [2.45, 2.75) is 10.1 Å². The molecule has 2 N–H and O–H groups in total. The summed E-state index contributed by atoms with van der Waals surface area (Å²) in [5.74, 6) is 0. The van der Waals surface area contributed by atoms with Crippen molar-refractivity contribution >= 4 is 9.84 Å². The number of sulfone groups is 1. The number of rotatable bonds is 2. The minimum Gasteiger partial charge on any atom is -0.267 e. The van der Waals surface area contributed by atoms with E-state index in [1.807, 2.05) is 0 Å². The van der Waals surface area contributed by atoms with Crippen LogP contribution in [0.1, 0.15) is 0 Å². The van der Waals surface area contributed by atoms with E-state index < -0.39 is 9.84 Å². The molecule has 0 spiro atoms. The van der Waals surface area contributed by atoms with E-state index in [1.165, 1.54) is 12.3 Å². The first kappa shape index (κ1) is 7.92. The molecule has 2 aromatic heterocycles. The van der Waals surface area contributed by atoms with Crippen LogP contribution in [0.3, 0.4) is 0 Å². The van der Waals surface area contributed by atoms with Gasteiger partial charge in [0.05, 0.1) is 12.4 Å². The second-order valence-corrected chi connectivity index (χ2v) is 4.10. The zero-order valence-electron chi connectivity index (χ0n) is 6.30. The van der Waals surface area contributed by atoms with Crippen molar-refractivity contribution in [1.29, 1.82) is 0 Å². The summed E-state index contributed by atoms with van der Waals surface area (Å²) >= 11 is 0. The van der Waals surface area contributed by atoms with Gasteiger partial charge >= 0.3 is 0 Å². The first-order valence-corrected chi connectivity index (χ1v) is 4.80. The summed E-state index contributed by atoms with van der Waals surface area (Å²) in [5.41, 5.74) is 0. The largest absolute Gasteiger partial charge is 0.267 e. The molecule has 0 aliphatic rings. The summed E-state index contributed by atoms with van der Waals surface area (Å²) in [7, 11) is -3.58. The molecule has 0 fully saturated rings. The van der Waals surface area contributed by atoms with Crippen LogP contribution in [0.2, 0.25) is 0 Å². The smallest absolute Gasteiger partial charge is 0.243 e. The number of H-pyrrole nitrogens is 2. The second kappa shape index (κ2) is 2.66. The van der Waals surface area contributed by atoms with Crippen molar-refractivity contribution in [2.24, 2.45) is 0 Å². The van der Waals surface area contributed by atoms with Crippen LogP contribution >= 0.6 is 0 Å². The molecule has 2 heterocycles. The van der Waals surface area contributed by atoms with Crippen molar-refractivity contribution in [3.8, 4) is 0 Å². The summed E-state index contributed by atoms with van der Waals surface area (Å²) < 4.78 is 23.1. The Hall–Kier alpha value is -1.70. The average Bonchev–Trinajstić information content (AvgIpc) is 2.78. The standard InChI is InChI=1S/C5H5N5O2S/c11-13(12,4-1-2-6-8-4)5-3-7-10-9-5/h1-3H,(H,6,8)(H,7,9,10). The molecule has 0 aliphatic heterocycles. The Morgan fingerprint density at radius 3 is 2.69 bits per heavy atom. The Morgan fingerprint density at radius 2 is 2.15 bits per heavy atom. The van der Waals surface area contributed by atoms with E-state index in [-0.39, 0.29) is 10.1 Å². The average molecular weight is 199 g/mol. The molecule has 7 nitrogen and oxygen atoms in total. The third kappa shape index (κ3) is 1.20. The van der Waals surface area contributed by atoms with Gasteiger partial charge in [-0.25, -0.2) is 8.42 Å². The molecule has 0 saturated carbocycles. The fraction of sp³-hybridized carbons (Fsp3) is 0. The predicted molar refractivity (Wildman–Crippen MR) is 40.4 cm³/mol. The van der Waals surface area contributed by atoms with E-state index in [0.717, 1.165) is 6.20 Å². The van der Waals surface area contributed by atoms with Crippen LogP contribution in [-0.4, -0.2) is 34.0 Å². The maximum Gasteiger partial charge on any atom is 0.243 e. The molecule has 0 amide bonds. The first-order chi connectivity index (χ1) is 6.21. The molecular formula is C5H5N5O2S. The molecule has 0 unspecified atom stereocenters. The van der Waals surface area contributed by atoms with Gasteiger partial charge in [0.2, 0.25) is 14.9 Å². The Labute approximate surface area is 73.1 Å². The Balaban J connectivity index is 2.56. The lowest BCUT2D eigenvalue weighted by Gasteiger charge is -1.93. The lowest BCUT2D eigenvalue weighted by molar-refractivity contribution is 0.587. The number of hydrogen-bond donors (Lipinski definition) is 2. The van der Waals surface area contributed by atoms with Gasteiger partial charge in [-0.2, -0.15) is 15.4 Å². The second-order valence-electron chi connectivity index (χ2n) is 2.23. The molecule has 2 rings (SSSR count). The van der Waals surface area contributed by atoms with Gasteiger partial charge in [-0.1, -0.05) is 0 Å². The number of nitrogens with zero attached hydrogens (tertiary/aromatic N) is 3. The predicted octanol–water partition coefficient (Wildman–Crippen LogP) is -0.639. The number of nitrogens with one attached hydrogen (secondary N) is 2. The lowest BCUT2D eigenvalue weighted by atomic mass is 10.8. The van der Waals surface area contributed by atoms with Gasteiger partial charge in [0.15, 0.2) is 5.03 Å². The van der Waals surface area contributed by atoms with Crippen molar-refractivity contribution in [2.75, 3.05) is 0 Å². The Kier molecular flexibility index (Phi) is 1.62. The Bertz CT molecular complexity index is 431. The number of aromatic nitrogens is 5. The summed E-state index contributed by atoms with van der Waals surface area (Å²) in [6, 6.07) is 1.35. The molecule has 2 aromatic rings. The van der Waals surface area contributed by atoms with Crippen LogP contribution in [0.4, 0.5) is 0 Å². The number of hydrogen-bond acceptors (Lipinski definition) is 5. The van der Waals surface area contributed by atoms with Crippen LogP contribution in [0, 0.1) is 0 Å². The van der Waals surface area contributed by atoms with Gasteiger partial charge in [-0.15, -0.1) is 5.10 Å². The summed E-state index contributed by atoms with van der Waals surface area (Å²) in [6.45, 7) is 0. The van der Waals surface area contributed by atoms with Crippen molar-refractivity contribution in [1.82, 2.24) is 25.6 Å². The highest BCUT2D eigenvalue weighted by Gasteiger charge is 2.21. The van der Waals surface area contributed by atoms with Gasteiger partial charge in [0, 0.05) is 0 Å². The molecule has 0 radical (unpaired) electrons. The fourth-order valence-corrected chi connectivity index (χ4v) is 1.82. The third-order valence-corrected chi connectivity index (χ3v) is 2.99. The van der Waals surface area contributed by atoms with E-state index in [9.17, 15) is 8.42 Å². The van der Waals surface area contributed by atoms with Gasteiger partial charge in [-0.3, -0.25) is 5.10 Å². The minimum atomic E-state index is -3.58. The minimum absolute atomic E-state index is 0.00130. The van der Waals surface area contributed by atoms with E-state index in [0.29, 0.717) is 0 Å². The zero-order chi connectivity index (χ0) is 9.31. The molecule has 8 heteroatoms. The third-order valence-electron chi connectivity index (χ3n) is 1.43. The fourth-order valence-electron chi connectivity index (χ4n) is 0.826. The highest BCUT2D eigenvalue weighted by molar-refractivity contribution is 7.91. The SMILES string of the molecule is O=S(=O)(c1cn[nH]n1)c1ccn[nH]1. The van der Waals surface area contributed by atoms with Crippen molar-refractivity contribution in [3.63, 3.8) is 0 Å². The monoisotopic (exact) mass is 199 g/mol. The molecule has 0 aromatic carbocycles. The molecule has 0 atom stereocenters. The van der Waals surface area contributed by atoms with Crippen LogP contribution in [-0.2, 0) is 9.84 Å². The topological polar surface area (TPSA) is 104 Å². The normalized spacial score (nSPS) is 11.7. The van der Waals surface area contributed by atoms with Crippen LogP contribution in [0.25, 0.3) is 0 Å². The van der Waals surface area contributed by atoms with E-state index >= 15 is 0 Å². The molecule has 68 valence electrons. The summed E-state index contributed by atoms with van der Waals surface area (Å²) in [5, 5.41) is 14.9. The summed E-state index contributed by atoms with van der Waals surface area (Å²) in [6.07, 6.45) is 2.49. The quantitative estimate of drug-likeness (QED) is 0.669. The molecule has 0 saturated heterocycles. The Morgan fingerprint density at radius 1 is 1.31 bits per heavy atom. The molecular weight excluding hydrogens is 194 g/mol. The zero-order valence-corrected chi connectivity index (χ0v) is 7.11.